The van der Waals surface area contributed by atoms with Crippen LogP contribution in [0, 0.1) is 11.3 Å². The molecular formula is C16H20N2S. The molecule has 1 aliphatic carbocycles. The number of nitrogens with zero attached hydrogens (tertiary/aromatic N) is 1. The van der Waals surface area contributed by atoms with Gasteiger partial charge in [0.2, 0.25) is 0 Å². The number of nitriles is 1. The van der Waals surface area contributed by atoms with Gasteiger partial charge in [-0.2, -0.15) is 17.0 Å². The van der Waals surface area contributed by atoms with E-state index < -0.39 is 0 Å². The lowest BCUT2D eigenvalue weighted by atomic mass is 9.62. The Hall–Kier alpha value is -0.980. The zero-order chi connectivity index (χ0) is 13.1. The maximum Gasteiger partial charge on any atom is 0.0852 e. The van der Waals surface area contributed by atoms with Gasteiger partial charge in [0.15, 0.2) is 0 Å². The van der Waals surface area contributed by atoms with E-state index in [1.54, 1.807) is 0 Å². The Morgan fingerprint density at radius 2 is 2.11 bits per heavy atom. The highest BCUT2D eigenvalue weighted by Crippen LogP contribution is 2.43. The van der Waals surface area contributed by atoms with Gasteiger partial charge in [0.25, 0.3) is 0 Å². The SMILES string of the molecule is N#CC1(c2ccccc2)CC(NCC2CCCS2)C1. The van der Waals surface area contributed by atoms with E-state index in [1.807, 2.05) is 18.2 Å². The van der Waals surface area contributed by atoms with Gasteiger partial charge in [-0.1, -0.05) is 30.3 Å². The first-order chi connectivity index (χ1) is 9.32. The summed E-state index contributed by atoms with van der Waals surface area (Å²) in [5, 5.41) is 14.0. The van der Waals surface area contributed by atoms with Crippen LogP contribution in [0.4, 0.5) is 0 Å². The summed E-state index contributed by atoms with van der Waals surface area (Å²) in [6.07, 6.45) is 4.65. The molecule has 1 aromatic rings. The van der Waals surface area contributed by atoms with Gasteiger partial charge in [-0.15, -0.1) is 0 Å². The van der Waals surface area contributed by atoms with Crippen LogP contribution in [0.2, 0.25) is 0 Å². The third kappa shape index (κ3) is 2.66. The molecule has 100 valence electrons. The van der Waals surface area contributed by atoms with Gasteiger partial charge >= 0.3 is 0 Å². The predicted octanol–water partition coefficient (Wildman–Crippen LogP) is 3.10. The molecule has 3 rings (SSSR count). The summed E-state index contributed by atoms with van der Waals surface area (Å²) >= 11 is 2.09. The van der Waals surface area contributed by atoms with Crippen molar-refractivity contribution in [3.8, 4) is 6.07 Å². The molecule has 0 aromatic heterocycles. The quantitative estimate of drug-likeness (QED) is 0.915. The molecule has 0 bridgehead atoms. The van der Waals surface area contributed by atoms with Crippen molar-refractivity contribution in [2.45, 2.75) is 42.4 Å². The molecule has 0 radical (unpaired) electrons. The fourth-order valence-electron chi connectivity index (χ4n) is 3.18. The van der Waals surface area contributed by atoms with Crippen LogP contribution in [0.3, 0.4) is 0 Å². The molecule has 3 heteroatoms. The van der Waals surface area contributed by atoms with E-state index in [0.717, 1.165) is 24.6 Å². The highest BCUT2D eigenvalue weighted by molar-refractivity contribution is 8.00. The lowest BCUT2D eigenvalue weighted by Gasteiger charge is -2.43. The number of hydrogen-bond donors (Lipinski definition) is 1. The summed E-state index contributed by atoms with van der Waals surface area (Å²) in [4.78, 5) is 0. The normalized spacial score (nSPS) is 33.6. The molecule has 1 heterocycles. The summed E-state index contributed by atoms with van der Waals surface area (Å²) in [6, 6.07) is 13.3. The molecule has 1 aromatic carbocycles. The highest BCUT2D eigenvalue weighted by Gasteiger charge is 2.45. The van der Waals surface area contributed by atoms with Crippen molar-refractivity contribution in [3.05, 3.63) is 35.9 Å². The van der Waals surface area contributed by atoms with E-state index in [9.17, 15) is 5.26 Å². The molecule has 1 atom stereocenters. The first-order valence-corrected chi connectivity index (χ1v) is 8.19. The average Bonchev–Trinajstić information content (AvgIpc) is 2.92. The summed E-state index contributed by atoms with van der Waals surface area (Å²) < 4.78 is 0. The summed E-state index contributed by atoms with van der Waals surface area (Å²) in [7, 11) is 0. The maximum absolute atomic E-state index is 9.51. The molecule has 1 aliphatic heterocycles. The molecule has 2 fully saturated rings. The van der Waals surface area contributed by atoms with Crippen molar-refractivity contribution >= 4 is 11.8 Å². The van der Waals surface area contributed by atoms with E-state index in [1.165, 1.54) is 24.2 Å². The number of rotatable bonds is 4. The zero-order valence-electron chi connectivity index (χ0n) is 11.1. The van der Waals surface area contributed by atoms with Crippen molar-refractivity contribution in [2.24, 2.45) is 0 Å². The topological polar surface area (TPSA) is 35.8 Å². The second kappa shape index (κ2) is 5.56. The molecule has 1 saturated heterocycles. The fourth-order valence-corrected chi connectivity index (χ4v) is 4.39. The minimum absolute atomic E-state index is 0.234. The number of nitrogens with one attached hydrogen (secondary N) is 1. The van der Waals surface area contributed by atoms with Crippen LogP contribution in [0.15, 0.2) is 30.3 Å². The number of benzene rings is 1. The Balaban J connectivity index is 1.54. The fraction of sp³-hybridized carbons (Fsp3) is 0.562. The van der Waals surface area contributed by atoms with Gasteiger partial charge in [-0.25, -0.2) is 0 Å². The van der Waals surface area contributed by atoms with E-state index in [4.69, 9.17) is 0 Å². The van der Waals surface area contributed by atoms with E-state index in [2.05, 4.69) is 35.3 Å². The van der Waals surface area contributed by atoms with Crippen molar-refractivity contribution < 1.29 is 0 Å². The van der Waals surface area contributed by atoms with Gasteiger partial charge in [-0.3, -0.25) is 0 Å². The van der Waals surface area contributed by atoms with E-state index in [-0.39, 0.29) is 5.41 Å². The Morgan fingerprint density at radius 1 is 1.32 bits per heavy atom. The Morgan fingerprint density at radius 3 is 2.74 bits per heavy atom. The second-order valence-electron chi connectivity index (χ2n) is 5.71. The van der Waals surface area contributed by atoms with Crippen LogP contribution < -0.4 is 5.32 Å². The van der Waals surface area contributed by atoms with E-state index >= 15 is 0 Å². The van der Waals surface area contributed by atoms with E-state index in [0.29, 0.717) is 6.04 Å². The van der Waals surface area contributed by atoms with Crippen molar-refractivity contribution in [1.82, 2.24) is 5.32 Å². The van der Waals surface area contributed by atoms with Crippen LogP contribution in [0.1, 0.15) is 31.2 Å². The molecular weight excluding hydrogens is 252 g/mol. The monoisotopic (exact) mass is 272 g/mol. The molecule has 0 spiro atoms. The van der Waals surface area contributed by atoms with Gasteiger partial charge in [0, 0.05) is 17.8 Å². The van der Waals surface area contributed by atoms with Crippen LogP contribution >= 0.6 is 11.8 Å². The van der Waals surface area contributed by atoms with Crippen molar-refractivity contribution in [2.75, 3.05) is 12.3 Å². The smallest absolute Gasteiger partial charge is 0.0852 e. The summed E-state index contributed by atoms with van der Waals surface area (Å²) in [6.45, 7) is 1.12. The molecule has 1 unspecified atom stereocenters. The van der Waals surface area contributed by atoms with Crippen molar-refractivity contribution in [3.63, 3.8) is 0 Å². The van der Waals surface area contributed by atoms with Crippen LogP contribution in [-0.2, 0) is 5.41 Å². The molecule has 0 amide bonds. The molecule has 2 nitrogen and oxygen atoms in total. The summed E-state index contributed by atoms with van der Waals surface area (Å²) in [5.41, 5.74) is 0.952. The average molecular weight is 272 g/mol. The lowest BCUT2D eigenvalue weighted by molar-refractivity contribution is 0.227. The van der Waals surface area contributed by atoms with Crippen LogP contribution in [0.5, 0.6) is 0 Å². The maximum atomic E-state index is 9.51. The number of thioether (sulfide) groups is 1. The zero-order valence-corrected chi connectivity index (χ0v) is 12.0. The molecule has 2 aliphatic rings. The Labute approximate surface area is 119 Å². The predicted molar refractivity (Wildman–Crippen MR) is 80.2 cm³/mol. The third-order valence-electron chi connectivity index (χ3n) is 4.39. The minimum atomic E-state index is -0.234. The molecule has 19 heavy (non-hydrogen) atoms. The second-order valence-corrected chi connectivity index (χ2v) is 7.12. The first kappa shape index (κ1) is 13.0. The van der Waals surface area contributed by atoms with Crippen LogP contribution in [0.25, 0.3) is 0 Å². The summed E-state index contributed by atoms with van der Waals surface area (Å²) in [5.74, 6) is 1.32. The first-order valence-electron chi connectivity index (χ1n) is 7.14. The van der Waals surface area contributed by atoms with Gasteiger partial charge in [-0.05, 0) is 37.0 Å². The standard InChI is InChI=1S/C16H20N2S/c17-12-16(13-5-2-1-3-6-13)9-14(10-16)18-11-15-7-4-8-19-15/h1-3,5-6,14-15,18H,4,7-11H2. The van der Waals surface area contributed by atoms with Gasteiger partial charge < -0.3 is 5.32 Å². The van der Waals surface area contributed by atoms with Gasteiger partial charge in [0.05, 0.1) is 11.5 Å². The Bertz CT molecular complexity index is 453. The van der Waals surface area contributed by atoms with Gasteiger partial charge in [0.1, 0.15) is 0 Å². The third-order valence-corrected chi connectivity index (χ3v) is 5.79. The molecule has 1 saturated carbocycles. The van der Waals surface area contributed by atoms with Crippen molar-refractivity contribution in [1.29, 1.82) is 5.26 Å². The lowest BCUT2D eigenvalue weighted by Crippen LogP contribution is -2.52. The largest absolute Gasteiger partial charge is 0.313 e. The highest BCUT2D eigenvalue weighted by atomic mass is 32.2. The molecule has 1 N–H and O–H groups in total. The Kier molecular flexibility index (Phi) is 3.81. The number of hydrogen-bond acceptors (Lipinski definition) is 3. The van der Waals surface area contributed by atoms with Crippen LogP contribution in [-0.4, -0.2) is 23.6 Å². The minimum Gasteiger partial charge on any atom is -0.313 e.